The smallest absolute Gasteiger partial charge is 0.345 e. The molecule has 82 valence electrons. The molecule has 3 nitrogen and oxygen atoms in total. The molecule has 0 bridgehead atoms. The van der Waals surface area contributed by atoms with E-state index in [4.69, 9.17) is 4.42 Å². The number of rotatable bonds is 1. The summed E-state index contributed by atoms with van der Waals surface area (Å²) in [4.78, 5) is 15.9. The largest absolute Gasteiger partial charge is 0.422 e. The summed E-state index contributed by atoms with van der Waals surface area (Å²) in [6.07, 6.45) is 1.66. The molecule has 3 rings (SSSR count). The summed E-state index contributed by atoms with van der Waals surface area (Å²) in [5.41, 5.74) is 1.18. The summed E-state index contributed by atoms with van der Waals surface area (Å²) in [6.45, 7) is 0. The Morgan fingerprint density at radius 3 is 2.65 bits per heavy atom. The van der Waals surface area contributed by atoms with Crippen LogP contribution in [0, 0.1) is 0 Å². The van der Waals surface area contributed by atoms with Crippen molar-refractivity contribution in [3.05, 3.63) is 65.1 Å². The van der Waals surface area contributed by atoms with Crippen molar-refractivity contribution < 1.29 is 4.42 Å². The van der Waals surface area contributed by atoms with Crippen LogP contribution in [0.4, 0.5) is 0 Å². The lowest BCUT2D eigenvalue weighted by molar-refractivity contribution is 0.534. The summed E-state index contributed by atoms with van der Waals surface area (Å²) < 4.78 is 5.28. The molecular weight excluding hydrogens is 214 g/mol. The third-order valence-electron chi connectivity index (χ3n) is 2.59. The average molecular weight is 223 g/mol. The third kappa shape index (κ3) is 1.72. The molecule has 0 atom stereocenters. The van der Waals surface area contributed by atoms with Crippen molar-refractivity contribution in [2.75, 3.05) is 0 Å². The van der Waals surface area contributed by atoms with E-state index in [1.54, 1.807) is 24.4 Å². The van der Waals surface area contributed by atoms with Gasteiger partial charge in [0.05, 0.1) is 10.9 Å². The second kappa shape index (κ2) is 3.87. The minimum Gasteiger partial charge on any atom is -0.422 e. The van der Waals surface area contributed by atoms with E-state index in [0.717, 1.165) is 5.56 Å². The fourth-order valence-electron chi connectivity index (χ4n) is 1.76. The average Bonchev–Trinajstić information content (AvgIpc) is 2.40. The number of benzene rings is 1. The van der Waals surface area contributed by atoms with E-state index in [2.05, 4.69) is 4.98 Å². The van der Waals surface area contributed by atoms with E-state index in [1.807, 2.05) is 30.3 Å². The molecule has 0 unspecified atom stereocenters. The summed E-state index contributed by atoms with van der Waals surface area (Å²) >= 11 is 0. The van der Waals surface area contributed by atoms with Gasteiger partial charge in [-0.25, -0.2) is 4.79 Å². The first-order chi connectivity index (χ1) is 8.34. The van der Waals surface area contributed by atoms with Gasteiger partial charge in [-0.05, 0) is 12.1 Å². The van der Waals surface area contributed by atoms with Gasteiger partial charge in [0.25, 0.3) is 0 Å². The molecule has 0 aliphatic rings. The summed E-state index contributed by atoms with van der Waals surface area (Å²) in [7, 11) is 0. The normalized spacial score (nSPS) is 10.6. The Hall–Kier alpha value is -2.42. The highest BCUT2D eigenvalue weighted by Crippen LogP contribution is 2.20. The zero-order valence-electron chi connectivity index (χ0n) is 8.96. The Kier molecular flexibility index (Phi) is 2.22. The van der Waals surface area contributed by atoms with Crippen molar-refractivity contribution in [2.45, 2.75) is 0 Å². The maximum Gasteiger partial charge on any atom is 0.345 e. The SMILES string of the molecule is O=c1oc(-c2ccccc2)cc2ncccc12. The summed E-state index contributed by atoms with van der Waals surface area (Å²) in [5, 5.41) is 0.507. The van der Waals surface area contributed by atoms with Crippen molar-refractivity contribution in [3.63, 3.8) is 0 Å². The molecule has 0 N–H and O–H groups in total. The maximum absolute atomic E-state index is 11.8. The van der Waals surface area contributed by atoms with Crippen molar-refractivity contribution in [1.29, 1.82) is 0 Å². The highest BCUT2D eigenvalue weighted by atomic mass is 16.4. The maximum atomic E-state index is 11.8. The van der Waals surface area contributed by atoms with Gasteiger partial charge in [-0.3, -0.25) is 4.98 Å². The molecule has 0 amide bonds. The first-order valence-corrected chi connectivity index (χ1v) is 5.29. The third-order valence-corrected chi connectivity index (χ3v) is 2.59. The quantitative estimate of drug-likeness (QED) is 0.637. The Morgan fingerprint density at radius 2 is 1.82 bits per heavy atom. The zero-order valence-corrected chi connectivity index (χ0v) is 8.96. The van der Waals surface area contributed by atoms with E-state index < -0.39 is 0 Å². The van der Waals surface area contributed by atoms with Crippen LogP contribution in [0.3, 0.4) is 0 Å². The first kappa shape index (κ1) is 9.78. The van der Waals surface area contributed by atoms with Crippen molar-refractivity contribution in [3.8, 4) is 11.3 Å². The Balaban J connectivity index is 2.30. The molecule has 0 saturated carbocycles. The van der Waals surface area contributed by atoms with Crippen molar-refractivity contribution >= 4 is 10.9 Å². The predicted octanol–water partition coefficient (Wildman–Crippen LogP) is 2.86. The van der Waals surface area contributed by atoms with Crippen LogP contribution in [0.5, 0.6) is 0 Å². The van der Waals surface area contributed by atoms with E-state index in [0.29, 0.717) is 16.7 Å². The molecule has 3 aromatic rings. The molecule has 3 heteroatoms. The molecule has 0 fully saturated rings. The molecule has 0 saturated heterocycles. The molecule has 0 radical (unpaired) electrons. The van der Waals surface area contributed by atoms with E-state index in [9.17, 15) is 4.79 Å². The second-order valence-corrected chi connectivity index (χ2v) is 3.70. The van der Waals surface area contributed by atoms with Crippen molar-refractivity contribution in [2.24, 2.45) is 0 Å². The van der Waals surface area contributed by atoms with Crippen LogP contribution in [0.2, 0.25) is 0 Å². The van der Waals surface area contributed by atoms with Gasteiger partial charge < -0.3 is 4.42 Å². The van der Waals surface area contributed by atoms with E-state index in [-0.39, 0.29) is 5.63 Å². The predicted molar refractivity (Wildman–Crippen MR) is 65.7 cm³/mol. The number of pyridine rings is 1. The molecule has 0 aliphatic heterocycles. The van der Waals surface area contributed by atoms with Crippen LogP contribution < -0.4 is 5.63 Å². The lowest BCUT2D eigenvalue weighted by Crippen LogP contribution is -2.00. The molecule has 17 heavy (non-hydrogen) atoms. The summed E-state index contributed by atoms with van der Waals surface area (Å²) in [6, 6.07) is 14.7. The molecule has 2 heterocycles. The Labute approximate surface area is 97.4 Å². The minimum absolute atomic E-state index is 0.352. The Bertz CT molecular complexity index is 717. The lowest BCUT2D eigenvalue weighted by Gasteiger charge is -2.01. The molecule has 1 aromatic carbocycles. The van der Waals surface area contributed by atoms with Gasteiger partial charge in [0, 0.05) is 17.8 Å². The van der Waals surface area contributed by atoms with Gasteiger partial charge in [-0.15, -0.1) is 0 Å². The van der Waals surface area contributed by atoms with Gasteiger partial charge in [-0.2, -0.15) is 0 Å². The van der Waals surface area contributed by atoms with Crippen LogP contribution in [0.25, 0.3) is 22.2 Å². The van der Waals surface area contributed by atoms with Crippen LogP contribution in [-0.2, 0) is 0 Å². The monoisotopic (exact) mass is 223 g/mol. The molecule has 0 aliphatic carbocycles. The van der Waals surface area contributed by atoms with E-state index in [1.165, 1.54) is 0 Å². The fraction of sp³-hybridized carbons (Fsp3) is 0. The Morgan fingerprint density at radius 1 is 1.00 bits per heavy atom. The second-order valence-electron chi connectivity index (χ2n) is 3.70. The molecular formula is C14H9NO2. The van der Waals surface area contributed by atoms with Gasteiger partial charge in [0.15, 0.2) is 0 Å². The number of nitrogens with zero attached hydrogens (tertiary/aromatic N) is 1. The zero-order chi connectivity index (χ0) is 11.7. The van der Waals surface area contributed by atoms with Gasteiger partial charge in [0.2, 0.25) is 0 Å². The van der Waals surface area contributed by atoms with E-state index >= 15 is 0 Å². The van der Waals surface area contributed by atoms with Crippen LogP contribution in [0.1, 0.15) is 0 Å². The highest BCUT2D eigenvalue weighted by Gasteiger charge is 2.06. The fourth-order valence-corrected chi connectivity index (χ4v) is 1.76. The van der Waals surface area contributed by atoms with Crippen molar-refractivity contribution in [1.82, 2.24) is 4.98 Å². The van der Waals surface area contributed by atoms with Gasteiger partial charge >= 0.3 is 5.63 Å². The lowest BCUT2D eigenvalue weighted by atomic mass is 10.1. The minimum atomic E-state index is -0.352. The highest BCUT2D eigenvalue weighted by molar-refractivity contribution is 5.80. The topological polar surface area (TPSA) is 43.1 Å². The first-order valence-electron chi connectivity index (χ1n) is 5.29. The molecule has 2 aromatic heterocycles. The number of aromatic nitrogens is 1. The number of fused-ring (bicyclic) bond motifs is 1. The van der Waals surface area contributed by atoms with Crippen LogP contribution >= 0.6 is 0 Å². The van der Waals surface area contributed by atoms with Crippen LogP contribution in [0.15, 0.2) is 63.9 Å². The number of hydrogen-bond donors (Lipinski definition) is 0. The van der Waals surface area contributed by atoms with Crippen LogP contribution in [-0.4, -0.2) is 4.98 Å². The standard InChI is InChI=1S/C14H9NO2/c16-14-11-7-4-8-15-12(11)9-13(17-14)10-5-2-1-3-6-10/h1-9H. The van der Waals surface area contributed by atoms with Gasteiger partial charge in [-0.1, -0.05) is 30.3 Å². The number of hydrogen-bond acceptors (Lipinski definition) is 3. The summed E-state index contributed by atoms with van der Waals surface area (Å²) in [5.74, 6) is 0.543. The molecule has 0 spiro atoms. The van der Waals surface area contributed by atoms with Gasteiger partial charge in [0.1, 0.15) is 5.76 Å².